The van der Waals surface area contributed by atoms with Crippen molar-refractivity contribution >= 4 is 43.6 Å². The zero-order valence-electron chi connectivity index (χ0n) is 32.1. The van der Waals surface area contributed by atoms with Crippen molar-refractivity contribution in [2.45, 2.75) is 38.5 Å². The van der Waals surface area contributed by atoms with Gasteiger partial charge in [-0.15, -0.1) is 0 Å². The molecule has 2 heteroatoms. The molecule has 0 amide bonds. The van der Waals surface area contributed by atoms with Crippen LogP contribution in [0.25, 0.3) is 88.4 Å². The van der Waals surface area contributed by atoms with Gasteiger partial charge in [-0.3, -0.25) is 0 Å². The van der Waals surface area contributed by atoms with Gasteiger partial charge in [-0.25, -0.2) is 0 Å². The second kappa shape index (κ2) is 11.0. The second-order valence-electron chi connectivity index (χ2n) is 17.0. The van der Waals surface area contributed by atoms with Gasteiger partial charge in [0.1, 0.15) is 0 Å². The van der Waals surface area contributed by atoms with Crippen LogP contribution in [0, 0.1) is 0 Å². The van der Waals surface area contributed by atoms with Gasteiger partial charge in [0, 0.05) is 43.7 Å². The first-order valence-corrected chi connectivity index (χ1v) is 19.9. The van der Waals surface area contributed by atoms with Crippen LogP contribution in [0.15, 0.2) is 170 Å². The highest BCUT2D eigenvalue weighted by molar-refractivity contribution is 6.13. The Labute approximate surface area is 326 Å². The summed E-state index contributed by atoms with van der Waals surface area (Å²) >= 11 is 0. The van der Waals surface area contributed by atoms with Crippen LogP contribution in [0.4, 0.5) is 0 Å². The van der Waals surface area contributed by atoms with Gasteiger partial charge >= 0.3 is 0 Å². The van der Waals surface area contributed by atoms with Crippen LogP contribution in [-0.4, -0.2) is 9.13 Å². The van der Waals surface area contributed by atoms with E-state index in [1.807, 2.05) is 0 Å². The quantitative estimate of drug-likeness (QED) is 0.172. The van der Waals surface area contributed by atoms with E-state index in [9.17, 15) is 0 Å². The van der Waals surface area contributed by atoms with E-state index in [4.69, 9.17) is 0 Å². The summed E-state index contributed by atoms with van der Waals surface area (Å²) in [4.78, 5) is 0. The van der Waals surface area contributed by atoms with E-state index in [0.29, 0.717) is 0 Å². The van der Waals surface area contributed by atoms with E-state index in [1.54, 1.807) is 0 Å². The predicted molar refractivity (Wildman–Crippen MR) is 236 cm³/mol. The van der Waals surface area contributed by atoms with Crippen molar-refractivity contribution in [2.24, 2.45) is 0 Å². The maximum Gasteiger partial charge on any atom is 0.0544 e. The average Bonchev–Trinajstić information content (AvgIpc) is 3.88. The molecule has 2 aliphatic rings. The van der Waals surface area contributed by atoms with Crippen molar-refractivity contribution in [3.8, 4) is 44.8 Å². The molecule has 2 aliphatic carbocycles. The molecule has 2 heterocycles. The molecule has 0 N–H and O–H groups in total. The molecule has 0 fully saturated rings. The summed E-state index contributed by atoms with van der Waals surface area (Å²) in [5.74, 6) is 0. The highest BCUT2D eigenvalue weighted by Crippen LogP contribution is 2.53. The number of aromatic nitrogens is 2. The monoisotopic (exact) mass is 716 g/mol. The van der Waals surface area contributed by atoms with Crippen LogP contribution < -0.4 is 0 Å². The van der Waals surface area contributed by atoms with Crippen LogP contribution in [0.5, 0.6) is 0 Å². The zero-order chi connectivity index (χ0) is 37.5. The van der Waals surface area contributed by atoms with Gasteiger partial charge in [0.25, 0.3) is 0 Å². The summed E-state index contributed by atoms with van der Waals surface area (Å²) in [6.45, 7) is 9.51. The lowest BCUT2D eigenvalue weighted by molar-refractivity contribution is 0.661. The molecule has 0 saturated heterocycles. The molecule has 0 bridgehead atoms. The minimum absolute atomic E-state index is 0.102. The first-order chi connectivity index (χ1) is 27.3. The number of benzene rings is 8. The summed E-state index contributed by atoms with van der Waals surface area (Å²) in [5, 5.41) is 5.11. The molecule has 266 valence electrons. The summed E-state index contributed by atoms with van der Waals surface area (Å²) in [5.41, 5.74) is 20.4. The number of hydrogen-bond donors (Lipinski definition) is 0. The molecular weight excluding hydrogens is 677 g/mol. The van der Waals surface area contributed by atoms with E-state index in [0.717, 1.165) is 11.4 Å². The molecule has 12 rings (SSSR count). The summed E-state index contributed by atoms with van der Waals surface area (Å²) in [7, 11) is 0. The molecule has 0 spiro atoms. The fourth-order valence-corrected chi connectivity index (χ4v) is 10.5. The third-order valence-electron chi connectivity index (χ3n) is 13.3. The van der Waals surface area contributed by atoms with Crippen molar-refractivity contribution in [3.63, 3.8) is 0 Å². The number of rotatable bonds is 3. The van der Waals surface area contributed by atoms with Crippen LogP contribution in [0.3, 0.4) is 0 Å². The first kappa shape index (κ1) is 31.7. The fraction of sp³-hybridized carbons (Fsp3) is 0.111. The van der Waals surface area contributed by atoms with Crippen LogP contribution >= 0.6 is 0 Å². The zero-order valence-corrected chi connectivity index (χ0v) is 32.1. The van der Waals surface area contributed by atoms with Crippen LogP contribution in [-0.2, 0) is 10.8 Å². The summed E-state index contributed by atoms with van der Waals surface area (Å²) in [6, 6.07) is 63.8. The Balaban J connectivity index is 1.18. The highest BCUT2D eigenvalue weighted by Gasteiger charge is 2.37. The number of fused-ring (bicyclic) bond motifs is 12. The standard InChI is InChI=1S/C54H40N2/c1-53(2)45-22-12-8-18-37(45)41-29-43-39-20-10-14-24-49(39)55(51(43)31-47(41)53)35-26-34(33-16-6-5-7-17-33)27-36(28-35)56-50-25-15-11-21-40(50)44-30-42-38-19-9-13-23-46(38)54(3,4)48(42)32-52(44)56/h5-32H,1-4H3. The van der Waals surface area contributed by atoms with Gasteiger partial charge in [-0.2, -0.15) is 0 Å². The van der Waals surface area contributed by atoms with E-state index in [-0.39, 0.29) is 10.8 Å². The highest BCUT2D eigenvalue weighted by atomic mass is 15.0. The molecular formula is C54H40N2. The van der Waals surface area contributed by atoms with Crippen molar-refractivity contribution in [1.82, 2.24) is 9.13 Å². The smallest absolute Gasteiger partial charge is 0.0544 e. The van der Waals surface area contributed by atoms with Crippen molar-refractivity contribution < 1.29 is 0 Å². The maximum atomic E-state index is 2.52. The van der Waals surface area contributed by atoms with Gasteiger partial charge < -0.3 is 9.13 Å². The Morgan fingerprint density at radius 3 is 1.23 bits per heavy atom. The lowest BCUT2D eigenvalue weighted by Gasteiger charge is -2.22. The minimum Gasteiger partial charge on any atom is -0.309 e. The lowest BCUT2D eigenvalue weighted by atomic mass is 9.82. The number of nitrogens with zero attached hydrogens (tertiary/aromatic N) is 2. The van der Waals surface area contributed by atoms with E-state index < -0.39 is 0 Å². The molecule has 2 aromatic heterocycles. The minimum atomic E-state index is -0.102. The Hall–Kier alpha value is -6.64. The fourth-order valence-electron chi connectivity index (χ4n) is 10.5. The van der Waals surface area contributed by atoms with Crippen molar-refractivity contribution in [3.05, 3.63) is 192 Å². The second-order valence-corrected chi connectivity index (χ2v) is 17.0. The van der Waals surface area contributed by atoms with Gasteiger partial charge in [-0.1, -0.05) is 143 Å². The van der Waals surface area contributed by atoms with Gasteiger partial charge in [0.05, 0.1) is 22.1 Å². The summed E-state index contributed by atoms with van der Waals surface area (Å²) < 4.78 is 5.04. The Morgan fingerprint density at radius 1 is 0.304 bits per heavy atom. The van der Waals surface area contributed by atoms with Crippen LogP contribution in [0.1, 0.15) is 49.9 Å². The Bertz CT molecular complexity index is 3100. The molecule has 0 aliphatic heterocycles. The summed E-state index contributed by atoms with van der Waals surface area (Å²) in [6.07, 6.45) is 0. The molecule has 0 unspecified atom stereocenters. The van der Waals surface area contributed by atoms with E-state index in [2.05, 4.69) is 207 Å². The predicted octanol–water partition coefficient (Wildman–Crippen LogP) is 14.2. The van der Waals surface area contributed by atoms with E-state index in [1.165, 1.54) is 99.2 Å². The largest absolute Gasteiger partial charge is 0.309 e. The lowest BCUT2D eigenvalue weighted by Crippen LogP contribution is -2.15. The van der Waals surface area contributed by atoms with Gasteiger partial charge in [0.2, 0.25) is 0 Å². The maximum absolute atomic E-state index is 2.52. The Morgan fingerprint density at radius 2 is 0.732 bits per heavy atom. The van der Waals surface area contributed by atoms with Crippen LogP contribution in [0.2, 0.25) is 0 Å². The molecule has 0 atom stereocenters. The molecule has 10 aromatic rings. The molecule has 0 radical (unpaired) electrons. The molecule has 0 saturated carbocycles. The number of hydrogen-bond acceptors (Lipinski definition) is 0. The van der Waals surface area contributed by atoms with Gasteiger partial charge in [-0.05, 0) is 110 Å². The Kier molecular flexibility index (Phi) is 6.22. The molecule has 2 nitrogen and oxygen atoms in total. The van der Waals surface area contributed by atoms with E-state index >= 15 is 0 Å². The topological polar surface area (TPSA) is 9.86 Å². The average molecular weight is 717 g/mol. The first-order valence-electron chi connectivity index (χ1n) is 19.9. The molecule has 56 heavy (non-hydrogen) atoms. The number of para-hydroxylation sites is 2. The van der Waals surface area contributed by atoms with Crippen molar-refractivity contribution in [2.75, 3.05) is 0 Å². The third-order valence-corrected chi connectivity index (χ3v) is 13.3. The normalized spacial score (nSPS) is 14.7. The molecule has 8 aromatic carbocycles. The third kappa shape index (κ3) is 4.11. The SMILES string of the molecule is CC1(C)c2ccccc2-c2cc3c4ccccc4n(-c4cc(-c5ccccc5)cc(-n5c6ccccc6c6cc7c(cc65)C(C)(C)c5ccccc5-7)c4)c3cc21. The van der Waals surface area contributed by atoms with Gasteiger partial charge in [0.15, 0.2) is 0 Å². The van der Waals surface area contributed by atoms with Crippen molar-refractivity contribution in [1.29, 1.82) is 0 Å².